The topological polar surface area (TPSA) is 67.0 Å². The Hall–Kier alpha value is -1.69. The second-order valence-corrected chi connectivity index (χ2v) is 6.42. The first kappa shape index (κ1) is 16.2. The monoisotopic (exact) mass is 333 g/mol. The van der Waals surface area contributed by atoms with Crippen LogP contribution in [0, 0.1) is 5.92 Å². The highest BCUT2D eigenvalue weighted by Gasteiger charge is 2.23. The molecule has 0 spiro atoms. The molecule has 2 N–H and O–H groups in total. The van der Waals surface area contributed by atoms with Gasteiger partial charge in [0.15, 0.2) is 0 Å². The first-order chi connectivity index (χ1) is 11.2. The molecule has 3 rings (SSSR count). The Labute approximate surface area is 141 Å². The molecule has 2 aromatic heterocycles. The number of thiol groups is 1. The quantitative estimate of drug-likeness (QED) is 0.577. The molecule has 124 valence electrons. The van der Waals surface area contributed by atoms with Gasteiger partial charge in [0.2, 0.25) is 0 Å². The van der Waals surface area contributed by atoms with Crippen LogP contribution in [0.4, 0.5) is 5.69 Å². The Morgan fingerprint density at radius 1 is 1.43 bits per heavy atom. The standard InChI is InChI=1S/C17H23N3O2S/c1-2-22-17(21)14-9-19-16-13(7-8-18-16)15(14)20-12-5-3-11(10-23)4-6-12/h7-9,11-12,23H,2-6,10H2,1H3,(H2,18,19,20). The maximum atomic E-state index is 12.2. The van der Waals surface area contributed by atoms with E-state index in [1.165, 1.54) is 12.8 Å². The predicted molar refractivity (Wildman–Crippen MR) is 95.3 cm³/mol. The highest BCUT2D eigenvalue weighted by molar-refractivity contribution is 7.80. The van der Waals surface area contributed by atoms with E-state index in [0.717, 1.165) is 35.3 Å². The minimum atomic E-state index is -0.324. The van der Waals surface area contributed by atoms with Gasteiger partial charge < -0.3 is 15.0 Å². The van der Waals surface area contributed by atoms with Crippen LogP contribution in [0.5, 0.6) is 0 Å². The van der Waals surface area contributed by atoms with E-state index in [2.05, 4.69) is 27.9 Å². The van der Waals surface area contributed by atoms with Gasteiger partial charge in [-0.3, -0.25) is 0 Å². The van der Waals surface area contributed by atoms with Crippen LogP contribution in [-0.2, 0) is 4.74 Å². The highest BCUT2D eigenvalue weighted by atomic mass is 32.1. The number of aromatic nitrogens is 2. The maximum Gasteiger partial charge on any atom is 0.341 e. The molecule has 1 aliphatic carbocycles. The largest absolute Gasteiger partial charge is 0.462 e. The normalized spacial score (nSPS) is 21.3. The van der Waals surface area contributed by atoms with Gasteiger partial charge in [0, 0.05) is 23.8 Å². The summed E-state index contributed by atoms with van der Waals surface area (Å²) in [6.45, 7) is 2.17. The molecule has 5 nitrogen and oxygen atoms in total. The lowest BCUT2D eigenvalue weighted by atomic mass is 9.87. The van der Waals surface area contributed by atoms with Crippen molar-refractivity contribution in [2.75, 3.05) is 17.7 Å². The van der Waals surface area contributed by atoms with Crippen molar-refractivity contribution in [3.63, 3.8) is 0 Å². The minimum Gasteiger partial charge on any atom is -0.462 e. The summed E-state index contributed by atoms with van der Waals surface area (Å²) in [7, 11) is 0. The van der Waals surface area contributed by atoms with Crippen molar-refractivity contribution in [3.8, 4) is 0 Å². The van der Waals surface area contributed by atoms with Gasteiger partial charge in [-0.2, -0.15) is 12.6 Å². The lowest BCUT2D eigenvalue weighted by Crippen LogP contribution is -2.27. The Kier molecular flexibility index (Phi) is 5.10. The molecule has 1 aliphatic rings. The molecular weight excluding hydrogens is 310 g/mol. The third kappa shape index (κ3) is 3.47. The zero-order chi connectivity index (χ0) is 16.2. The van der Waals surface area contributed by atoms with Gasteiger partial charge >= 0.3 is 5.97 Å². The van der Waals surface area contributed by atoms with Crippen molar-refractivity contribution in [3.05, 3.63) is 24.0 Å². The molecule has 1 fully saturated rings. The van der Waals surface area contributed by atoms with Crippen LogP contribution in [-0.4, -0.2) is 34.3 Å². The fraction of sp³-hybridized carbons (Fsp3) is 0.529. The Balaban J connectivity index is 1.87. The number of hydrogen-bond donors (Lipinski definition) is 3. The summed E-state index contributed by atoms with van der Waals surface area (Å²) in [6, 6.07) is 2.33. The summed E-state index contributed by atoms with van der Waals surface area (Å²) in [5.74, 6) is 1.35. The molecule has 6 heteroatoms. The summed E-state index contributed by atoms with van der Waals surface area (Å²) in [4.78, 5) is 19.7. The zero-order valence-electron chi connectivity index (χ0n) is 13.3. The van der Waals surface area contributed by atoms with Crippen LogP contribution < -0.4 is 5.32 Å². The second kappa shape index (κ2) is 7.25. The van der Waals surface area contributed by atoms with Crippen molar-refractivity contribution in [2.45, 2.75) is 38.6 Å². The van der Waals surface area contributed by atoms with Crippen LogP contribution in [0.25, 0.3) is 11.0 Å². The zero-order valence-corrected chi connectivity index (χ0v) is 14.2. The highest BCUT2D eigenvalue weighted by Crippen LogP contribution is 2.31. The average Bonchev–Trinajstić information content (AvgIpc) is 3.05. The van der Waals surface area contributed by atoms with E-state index < -0.39 is 0 Å². The van der Waals surface area contributed by atoms with Gasteiger partial charge in [0.25, 0.3) is 0 Å². The second-order valence-electron chi connectivity index (χ2n) is 6.05. The van der Waals surface area contributed by atoms with E-state index in [4.69, 9.17) is 4.74 Å². The number of nitrogens with one attached hydrogen (secondary N) is 2. The van der Waals surface area contributed by atoms with Crippen molar-refractivity contribution >= 4 is 35.3 Å². The SMILES string of the molecule is CCOC(=O)c1cnc2[nH]ccc2c1NC1CCC(CS)CC1. The van der Waals surface area contributed by atoms with Crippen LogP contribution in [0.3, 0.4) is 0 Å². The number of carbonyl (C=O) groups excluding carboxylic acids is 1. The van der Waals surface area contributed by atoms with Gasteiger partial charge in [0.05, 0.1) is 12.3 Å². The molecule has 0 unspecified atom stereocenters. The Morgan fingerprint density at radius 3 is 2.91 bits per heavy atom. The molecule has 0 amide bonds. The number of rotatable bonds is 5. The molecule has 0 saturated heterocycles. The molecule has 1 saturated carbocycles. The predicted octanol–water partition coefficient (Wildman–Crippen LogP) is 3.64. The molecule has 2 heterocycles. The summed E-state index contributed by atoms with van der Waals surface area (Å²) >= 11 is 4.40. The van der Waals surface area contributed by atoms with E-state index in [0.29, 0.717) is 24.1 Å². The summed E-state index contributed by atoms with van der Waals surface area (Å²) in [5.41, 5.74) is 2.13. The number of hydrogen-bond acceptors (Lipinski definition) is 5. The fourth-order valence-electron chi connectivity index (χ4n) is 3.22. The molecule has 0 bridgehead atoms. The number of nitrogens with zero attached hydrogens (tertiary/aromatic N) is 1. The lowest BCUT2D eigenvalue weighted by Gasteiger charge is -2.29. The molecule has 2 aromatic rings. The van der Waals surface area contributed by atoms with Crippen molar-refractivity contribution < 1.29 is 9.53 Å². The summed E-state index contributed by atoms with van der Waals surface area (Å²) in [5, 5.41) is 4.51. The Bertz CT molecular complexity index is 678. The number of fused-ring (bicyclic) bond motifs is 1. The number of anilines is 1. The smallest absolute Gasteiger partial charge is 0.341 e. The number of esters is 1. The van der Waals surface area contributed by atoms with Gasteiger partial charge in [0.1, 0.15) is 11.2 Å². The van der Waals surface area contributed by atoms with Gasteiger partial charge in [-0.15, -0.1) is 0 Å². The number of aromatic amines is 1. The number of H-pyrrole nitrogens is 1. The van der Waals surface area contributed by atoms with Gasteiger partial charge in [-0.05, 0) is 50.3 Å². The molecule has 0 aliphatic heterocycles. The maximum absolute atomic E-state index is 12.2. The molecule has 23 heavy (non-hydrogen) atoms. The van der Waals surface area contributed by atoms with Crippen molar-refractivity contribution in [2.24, 2.45) is 5.92 Å². The molecule has 0 atom stereocenters. The fourth-order valence-corrected chi connectivity index (χ4v) is 3.59. The van der Waals surface area contributed by atoms with Crippen molar-refractivity contribution in [1.29, 1.82) is 0 Å². The third-order valence-corrected chi connectivity index (χ3v) is 5.05. The van der Waals surface area contributed by atoms with Gasteiger partial charge in [-0.1, -0.05) is 0 Å². The minimum absolute atomic E-state index is 0.324. The van der Waals surface area contributed by atoms with Crippen molar-refractivity contribution in [1.82, 2.24) is 9.97 Å². The number of ether oxygens (including phenoxy) is 1. The van der Waals surface area contributed by atoms with E-state index in [-0.39, 0.29) is 5.97 Å². The van der Waals surface area contributed by atoms with E-state index in [1.54, 1.807) is 6.20 Å². The Morgan fingerprint density at radius 2 is 2.22 bits per heavy atom. The summed E-state index contributed by atoms with van der Waals surface area (Å²) in [6.07, 6.45) is 7.99. The van der Waals surface area contributed by atoms with Crippen LogP contribution >= 0.6 is 12.6 Å². The third-order valence-electron chi connectivity index (χ3n) is 4.54. The number of carbonyl (C=O) groups is 1. The molecule has 0 aromatic carbocycles. The van der Waals surface area contributed by atoms with E-state index in [1.807, 2.05) is 19.2 Å². The first-order valence-corrected chi connectivity index (χ1v) is 8.86. The van der Waals surface area contributed by atoms with Crippen LogP contribution in [0.15, 0.2) is 18.5 Å². The van der Waals surface area contributed by atoms with E-state index >= 15 is 0 Å². The van der Waals surface area contributed by atoms with Crippen LogP contribution in [0.1, 0.15) is 43.0 Å². The summed E-state index contributed by atoms with van der Waals surface area (Å²) < 4.78 is 5.18. The number of pyridine rings is 1. The lowest BCUT2D eigenvalue weighted by molar-refractivity contribution is 0.0527. The molecular formula is C17H23N3O2S. The first-order valence-electron chi connectivity index (χ1n) is 8.23. The van der Waals surface area contributed by atoms with Crippen LogP contribution in [0.2, 0.25) is 0 Å². The average molecular weight is 333 g/mol. The van der Waals surface area contributed by atoms with E-state index in [9.17, 15) is 4.79 Å². The van der Waals surface area contributed by atoms with Gasteiger partial charge in [-0.25, -0.2) is 9.78 Å². The molecule has 0 radical (unpaired) electrons.